The van der Waals surface area contributed by atoms with Crippen LogP contribution in [0.1, 0.15) is 102 Å². The van der Waals surface area contributed by atoms with E-state index in [2.05, 4.69) is 13.8 Å². The van der Waals surface area contributed by atoms with Crippen LogP contribution in [0.4, 0.5) is 0 Å². The standard InChI is InChI=1S/C16H24O3.C8H16O2.Mo/c1-2-3-4-5-6-7-8-13-19-15-11-9-14(10-12-15)16(17)18;1-3-5-6-7(4-2)8(9)10;/h9-12H,2-8,13H2,1H3,(H,17,18);7H,3-6H2,1-2H3,(H,9,10);. The first-order valence-corrected chi connectivity index (χ1v) is 11.1. The Bertz CT molecular complexity index is 545. The molecule has 1 unspecified atom stereocenters. The third-order valence-electron chi connectivity index (χ3n) is 4.87. The van der Waals surface area contributed by atoms with Crippen LogP contribution in [0.15, 0.2) is 24.3 Å². The van der Waals surface area contributed by atoms with Crippen LogP contribution in [-0.4, -0.2) is 28.8 Å². The van der Waals surface area contributed by atoms with Crippen LogP contribution >= 0.6 is 0 Å². The van der Waals surface area contributed by atoms with E-state index >= 15 is 0 Å². The molecule has 1 aromatic carbocycles. The van der Waals surface area contributed by atoms with Gasteiger partial charge in [0.25, 0.3) is 0 Å². The Hall–Kier alpha value is -1.35. The molecule has 5 nitrogen and oxygen atoms in total. The normalized spacial score (nSPS) is 10.9. The number of aliphatic carboxylic acids is 1. The van der Waals surface area contributed by atoms with E-state index < -0.39 is 11.9 Å². The molecular weight excluding hydrogens is 464 g/mol. The van der Waals surface area contributed by atoms with Crippen LogP contribution in [0, 0.1) is 5.92 Å². The minimum atomic E-state index is -0.904. The minimum absolute atomic E-state index is 0. The van der Waals surface area contributed by atoms with E-state index in [1.54, 1.807) is 24.3 Å². The Morgan fingerprint density at radius 3 is 1.83 bits per heavy atom. The van der Waals surface area contributed by atoms with Crippen LogP contribution in [0.25, 0.3) is 0 Å². The van der Waals surface area contributed by atoms with Crippen molar-refractivity contribution >= 4 is 11.9 Å². The summed E-state index contributed by atoms with van der Waals surface area (Å²) in [4.78, 5) is 21.1. The van der Waals surface area contributed by atoms with Gasteiger partial charge < -0.3 is 14.9 Å². The molecule has 0 bridgehead atoms. The zero-order chi connectivity index (χ0) is 21.9. The number of hydrogen-bond acceptors (Lipinski definition) is 3. The second-order valence-electron chi connectivity index (χ2n) is 7.38. The van der Waals surface area contributed by atoms with Gasteiger partial charge in [-0.2, -0.15) is 0 Å². The molecule has 0 aromatic heterocycles. The van der Waals surface area contributed by atoms with E-state index in [-0.39, 0.29) is 27.0 Å². The monoisotopic (exact) mass is 506 g/mol. The molecule has 0 fully saturated rings. The summed E-state index contributed by atoms with van der Waals surface area (Å²) in [6.45, 7) is 6.94. The van der Waals surface area contributed by atoms with Crippen LogP contribution in [0.5, 0.6) is 5.75 Å². The van der Waals surface area contributed by atoms with Gasteiger partial charge in [0.1, 0.15) is 5.75 Å². The maximum Gasteiger partial charge on any atom is 0.335 e. The Balaban J connectivity index is 0. The fraction of sp³-hybridized carbons (Fsp3) is 0.667. The summed E-state index contributed by atoms with van der Waals surface area (Å²) in [6, 6.07) is 6.57. The van der Waals surface area contributed by atoms with Crippen molar-refractivity contribution < 1.29 is 45.6 Å². The molecule has 0 spiro atoms. The summed E-state index contributed by atoms with van der Waals surface area (Å²) in [5.41, 5.74) is 0.295. The van der Waals surface area contributed by atoms with Gasteiger partial charge in [0.05, 0.1) is 18.1 Å². The third kappa shape index (κ3) is 16.4. The molecule has 0 heterocycles. The van der Waals surface area contributed by atoms with Crippen LogP contribution < -0.4 is 4.74 Å². The van der Waals surface area contributed by atoms with Gasteiger partial charge >= 0.3 is 11.9 Å². The predicted molar refractivity (Wildman–Crippen MR) is 118 cm³/mol. The second kappa shape index (κ2) is 20.9. The van der Waals surface area contributed by atoms with Crippen molar-refractivity contribution in [1.29, 1.82) is 0 Å². The fourth-order valence-electron chi connectivity index (χ4n) is 2.90. The number of rotatable bonds is 15. The smallest absolute Gasteiger partial charge is 0.335 e. The largest absolute Gasteiger partial charge is 0.494 e. The first kappa shape index (κ1) is 30.8. The number of carboxylic acids is 2. The molecule has 0 saturated carbocycles. The maximum atomic E-state index is 10.7. The Labute approximate surface area is 196 Å². The number of carbonyl (C=O) groups is 2. The molecule has 1 aromatic rings. The van der Waals surface area contributed by atoms with Crippen molar-refractivity contribution in [2.75, 3.05) is 6.61 Å². The van der Waals surface area contributed by atoms with Crippen LogP contribution in [0.2, 0.25) is 0 Å². The molecule has 1 rings (SSSR count). The Kier molecular flexibility index (Phi) is 21.5. The van der Waals surface area contributed by atoms with E-state index in [9.17, 15) is 9.59 Å². The van der Waals surface area contributed by atoms with Crippen molar-refractivity contribution in [3.8, 4) is 5.75 Å². The molecule has 30 heavy (non-hydrogen) atoms. The number of ether oxygens (including phenoxy) is 1. The summed E-state index contributed by atoms with van der Waals surface area (Å²) in [5.74, 6) is -0.912. The molecule has 1 atom stereocenters. The van der Waals surface area contributed by atoms with Crippen molar-refractivity contribution in [3.63, 3.8) is 0 Å². The summed E-state index contributed by atoms with van der Waals surface area (Å²) < 4.78 is 5.58. The Morgan fingerprint density at radius 2 is 1.37 bits per heavy atom. The summed E-state index contributed by atoms with van der Waals surface area (Å²) in [7, 11) is 0. The zero-order valence-corrected chi connectivity index (χ0v) is 20.9. The average Bonchev–Trinajstić information content (AvgIpc) is 2.71. The third-order valence-corrected chi connectivity index (χ3v) is 4.87. The van der Waals surface area contributed by atoms with Crippen LogP contribution in [0.3, 0.4) is 0 Å². The van der Waals surface area contributed by atoms with E-state index in [1.807, 2.05) is 6.92 Å². The summed E-state index contributed by atoms with van der Waals surface area (Å²) in [5, 5.41) is 17.4. The van der Waals surface area contributed by atoms with E-state index in [0.29, 0.717) is 12.2 Å². The second-order valence-corrected chi connectivity index (χ2v) is 7.38. The van der Waals surface area contributed by atoms with Crippen molar-refractivity contribution in [2.45, 2.75) is 91.4 Å². The van der Waals surface area contributed by atoms with Gasteiger partial charge in [-0.3, -0.25) is 4.79 Å². The van der Waals surface area contributed by atoms with E-state index in [4.69, 9.17) is 14.9 Å². The van der Waals surface area contributed by atoms with Crippen molar-refractivity contribution in [2.24, 2.45) is 5.92 Å². The zero-order valence-electron chi connectivity index (χ0n) is 18.9. The van der Waals surface area contributed by atoms with E-state index in [0.717, 1.165) is 37.9 Å². The number of unbranched alkanes of at least 4 members (excludes halogenated alkanes) is 7. The van der Waals surface area contributed by atoms with Gasteiger partial charge in [-0.15, -0.1) is 0 Å². The molecule has 0 aliphatic rings. The van der Waals surface area contributed by atoms with Gasteiger partial charge in [-0.05, 0) is 43.5 Å². The molecule has 2 N–H and O–H groups in total. The quantitative estimate of drug-likeness (QED) is 0.203. The molecule has 172 valence electrons. The van der Waals surface area contributed by atoms with Gasteiger partial charge in [0.2, 0.25) is 0 Å². The number of hydrogen-bond donors (Lipinski definition) is 2. The minimum Gasteiger partial charge on any atom is -0.494 e. The number of aromatic carboxylic acids is 1. The molecule has 0 saturated heterocycles. The molecule has 0 aliphatic heterocycles. The average molecular weight is 505 g/mol. The van der Waals surface area contributed by atoms with Crippen LogP contribution in [-0.2, 0) is 25.9 Å². The van der Waals surface area contributed by atoms with E-state index in [1.165, 1.54) is 38.5 Å². The van der Waals surface area contributed by atoms with Gasteiger partial charge in [0, 0.05) is 21.1 Å². The number of benzene rings is 1. The molecule has 0 radical (unpaired) electrons. The summed E-state index contributed by atoms with van der Waals surface area (Å²) in [6.07, 6.45) is 12.5. The SMILES string of the molecule is CCCCC(CC)C(=O)O.CCCCCCCCCOc1ccc(C(=O)O)cc1.[Mo]. The Morgan fingerprint density at radius 1 is 0.833 bits per heavy atom. The summed E-state index contributed by atoms with van der Waals surface area (Å²) >= 11 is 0. The van der Waals surface area contributed by atoms with Crippen molar-refractivity contribution in [1.82, 2.24) is 0 Å². The fourth-order valence-corrected chi connectivity index (χ4v) is 2.90. The molecule has 6 heteroatoms. The molecule has 0 amide bonds. The molecular formula is C24H40MoO5. The predicted octanol–water partition coefficient (Wildman–Crippen LogP) is 6.80. The maximum absolute atomic E-state index is 10.7. The first-order valence-electron chi connectivity index (χ1n) is 11.1. The van der Waals surface area contributed by atoms with Gasteiger partial charge in [-0.25, -0.2) is 4.79 Å². The first-order chi connectivity index (χ1) is 14.0. The van der Waals surface area contributed by atoms with Gasteiger partial charge in [0.15, 0.2) is 0 Å². The number of carboxylic acid groups (broad SMARTS) is 2. The molecule has 0 aliphatic carbocycles. The van der Waals surface area contributed by atoms with Crippen molar-refractivity contribution in [3.05, 3.63) is 29.8 Å². The topological polar surface area (TPSA) is 83.8 Å². The van der Waals surface area contributed by atoms with Gasteiger partial charge in [-0.1, -0.05) is 72.1 Å².